The topological polar surface area (TPSA) is 12.0 Å². The standard InChI is InChI=1S/C14H11BrCl2FN/c15-14-2-1-13(18)5-10(14)8-19-7-9-3-11(16)6-12(17)4-9/h1-6,19H,7-8H2. The Morgan fingerprint density at radius 3 is 2.37 bits per heavy atom. The Labute approximate surface area is 129 Å². The van der Waals surface area contributed by atoms with E-state index in [0.717, 1.165) is 15.6 Å². The van der Waals surface area contributed by atoms with Gasteiger partial charge in [-0.25, -0.2) is 4.39 Å². The second-order valence-corrected chi connectivity index (χ2v) is 5.84. The average Bonchev–Trinajstić information content (AvgIpc) is 2.32. The van der Waals surface area contributed by atoms with Crippen molar-refractivity contribution in [2.45, 2.75) is 13.1 Å². The molecule has 0 bridgehead atoms. The molecule has 0 radical (unpaired) electrons. The fourth-order valence-electron chi connectivity index (χ4n) is 1.73. The lowest BCUT2D eigenvalue weighted by molar-refractivity contribution is 0.619. The van der Waals surface area contributed by atoms with Crippen molar-refractivity contribution in [3.05, 3.63) is 67.9 Å². The molecule has 0 saturated carbocycles. The fourth-order valence-corrected chi connectivity index (χ4v) is 2.69. The Morgan fingerprint density at radius 1 is 1.00 bits per heavy atom. The van der Waals surface area contributed by atoms with E-state index in [9.17, 15) is 4.39 Å². The molecule has 0 aliphatic carbocycles. The molecule has 0 unspecified atom stereocenters. The highest BCUT2D eigenvalue weighted by atomic mass is 79.9. The summed E-state index contributed by atoms with van der Waals surface area (Å²) in [5, 5.41) is 4.44. The number of halogens is 4. The monoisotopic (exact) mass is 361 g/mol. The van der Waals surface area contributed by atoms with E-state index in [1.54, 1.807) is 12.1 Å². The van der Waals surface area contributed by atoms with Gasteiger partial charge in [-0.2, -0.15) is 0 Å². The van der Waals surface area contributed by atoms with Crippen LogP contribution in [0.25, 0.3) is 0 Å². The van der Waals surface area contributed by atoms with Gasteiger partial charge in [0.05, 0.1) is 0 Å². The maximum atomic E-state index is 13.1. The minimum absolute atomic E-state index is 0.245. The van der Waals surface area contributed by atoms with E-state index in [4.69, 9.17) is 23.2 Å². The molecule has 5 heteroatoms. The van der Waals surface area contributed by atoms with Crippen molar-refractivity contribution in [2.24, 2.45) is 0 Å². The Hall–Kier alpha value is -0.610. The van der Waals surface area contributed by atoms with E-state index in [0.29, 0.717) is 23.1 Å². The summed E-state index contributed by atoms with van der Waals surface area (Å²) in [6.07, 6.45) is 0. The van der Waals surface area contributed by atoms with Crippen molar-refractivity contribution in [2.75, 3.05) is 0 Å². The van der Waals surface area contributed by atoms with Gasteiger partial charge in [0, 0.05) is 27.6 Å². The maximum absolute atomic E-state index is 13.1. The number of rotatable bonds is 4. The quantitative estimate of drug-likeness (QED) is 0.789. The van der Waals surface area contributed by atoms with Crippen molar-refractivity contribution in [3.63, 3.8) is 0 Å². The SMILES string of the molecule is Fc1ccc(Br)c(CNCc2cc(Cl)cc(Cl)c2)c1. The van der Waals surface area contributed by atoms with E-state index < -0.39 is 0 Å². The first kappa shape index (κ1) is 14.8. The third kappa shape index (κ3) is 4.46. The first-order valence-corrected chi connectivity index (χ1v) is 7.19. The van der Waals surface area contributed by atoms with E-state index in [-0.39, 0.29) is 5.82 Å². The average molecular weight is 363 g/mol. The highest BCUT2D eigenvalue weighted by Crippen LogP contribution is 2.20. The Balaban J connectivity index is 1.98. The first-order valence-electron chi connectivity index (χ1n) is 5.64. The van der Waals surface area contributed by atoms with Gasteiger partial charge in [0.2, 0.25) is 0 Å². The summed E-state index contributed by atoms with van der Waals surface area (Å²) in [5.74, 6) is -0.245. The van der Waals surface area contributed by atoms with Crippen LogP contribution >= 0.6 is 39.1 Å². The van der Waals surface area contributed by atoms with E-state index in [1.165, 1.54) is 12.1 Å². The number of hydrogen-bond donors (Lipinski definition) is 1. The van der Waals surface area contributed by atoms with Gasteiger partial charge in [-0.3, -0.25) is 0 Å². The Kier molecular flexibility index (Phi) is 5.22. The molecule has 2 rings (SSSR count). The number of nitrogens with one attached hydrogen (secondary N) is 1. The molecule has 0 aliphatic heterocycles. The molecule has 0 spiro atoms. The molecule has 0 aromatic heterocycles. The van der Waals surface area contributed by atoms with Crippen LogP contribution in [-0.4, -0.2) is 0 Å². The zero-order chi connectivity index (χ0) is 13.8. The van der Waals surface area contributed by atoms with Crippen LogP contribution in [-0.2, 0) is 13.1 Å². The molecule has 100 valence electrons. The Morgan fingerprint density at radius 2 is 1.68 bits per heavy atom. The zero-order valence-electron chi connectivity index (χ0n) is 9.89. The smallest absolute Gasteiger partial charge is 0.123 e. The van der Waals surface area contributed by atoms with Gasteiger partial charge in [0.25, 0.3) is 0 Å². The Bertz CT molecular complexity index is 569. The predicted molar refractivity (Wildman–Crippen MR) is 81.1 cm³/mol. The molecule has 2 aromatic carbocycles. The third-order valence-electron chi connectivity index (χ3n) is 2.57. The summed E-state index contributed by atoms with van der Waals surface area (Å²) < 4.78 is 14.0. The molecule has 19 heavy (non-hydrogen) atoms. The van der Waals surface area contributed by atoms with E-state index in [2.05, 4.69) is 21.2 Å². The normalized spacial score (nSPS) is 10.7. The van der Waals surface area contributed by atoms with Gasteiger partial charge < -0.3 is 5.32 Å². The molecule has 0 saturated heterocycles. The predicted octanol–water partition coefficient (Wildman–Crippen LogP) is 5.18. The summed E-state index contributed by atoms with van der Waals surface area (Å²) in [4.78, 5) is 0. The fraction of sp³-hybridized carbons (Fsp3) is 0.143. The zero-order valence-corrected chi connectivity index (χ0v) is 13.0. The van der Waals surface area contributed by atoms with Crippen LogP contribution in [0.5, 0.6) is 0 Å². The first-order chi connectivity index (χ1) is 9.04. The van der Waals surface area contributed by atoms with E-state index >= 15 is 0 Å². The molecule has 0 amide bonds. The summed E-state index contributed by atoms with van der Waals surface area (Å²) in [7, 11) is 0. The van der Waals surface area contributed by atoms with Gasteiger partial charge in [0.15, 0.2) is 0 Å². The van der Waals surface area contributed by atoms with Gasteiger partial charge >= 0.3 is 0 Å². The summed E-state index contributed by atoms with van der Waals surface area (Å²) in [5.41, 5.74) is 1.86. The lowest BCUT2D eigenvalue weighted by Crippen LogP contribution is -2.13. The number of hydrogen-bond acceptors (Lipinski definition) is 1. The molecule has 0 aliphatic rings. The molecule has 0 heterocycles. The molecular weight excluding hydrogens is 352 g/mol. The molecule has 0 fully saturated rings. The number of benzene rings is 2. The lowest BCUT2D eigenvalue weighted by atomic mass is 10.2. The summed E-state index contributed by atoms with van der Waals surface area (Å²) >= 11 is 15.2. The van der Waals surface area contributed by atoms with Crippen molar-refractivity contribution in [1.29, 1.82) is 0 Å². The molecule has 2 aromatic rings. The second kappa shape index (κ2) is 6.71. The van der Waals surface area contributed by atoms with Gasteiger partial charge in [-0.05, 0) is 47.5 Å². The van der Waals surface area contributed by atoms with Crippen molar-refractivity contribution >= 4 is 39.1 Å². The van der Waals surface area contributed by atoms with Crippen LogP contribution in [0.2, 0.25) is 10.0 Å². The van der Waals surface area contributed by atoms with Gasteiger partial charge in [-0.1, -0.05) is 39.1 Å². The highest BCUT2D eigenvalue weighted by Gasteiger charge is 2.02. The van der Waals surface area contributed by atoms with Crippen molar-refractivity contribution in [1.82, 2.24) is 5.32 Å². The van der Waals surface area contributed by atoms with Crippen LogP contribution in [0.4, 0.5) is 4.39 Å². The van der Waals surface area contributed by atoms with Gasteiger partial charge in [-0.15, -0.1) is 0 Å². The van der Waals surface area contributed by atoms with Crippen LogP contribution in [0.1, 0.15) is 11.1 Å². The molecular formula is C14H11BrCl2FN. The van der Waals surface area contributed by atoms with Crippen LogP contribution in [0, 0.1) is 5.82 Å². The molecule has 1 nitrogen and oxygen atoms in total. The van der Waals surface area contributed by atoms with Crippen molar-refractivity contribution < 1.29 is 4.39 Å². The summed E-state index contributed by atoms with van der Waals surface area (Å²) in [6.45, 7) is 1.17. The minimum Gasteiger partial charge on any atom is -0.309 e. The van der Waals surface area contributed by atoms with Gasteiger partial charge in [0.1, 0.15) is 5.82 Å². The largest absolute Gasteiger partial charge is 0.309 e. The van der Waals surface area contributed by atoms with E-state index in [1.807, 2.05) is 12.1 Å². The van der Waals surface area contributed by atoms with Crippen LogP contribution in [0.3, 0.4) is 0 Å². The van der Waals surface area contributed by atoms with Crippen LogP contribution in [0.15, 0.2) is 40.9 Å². The summed E-state index contributed by atoms with van der Waals surface area (Å²) in [6, 6.07) is 10.0. The minimum atomic E-state index is -0.245. The van der Waals surface area contributed by atoms with Crippen molar-refractivity contribution in [3.8, 4) is 0 Å². The molecule has 0 atom stereocenters. The second-order valence-electron chi connectivity index (χ2n) is 4.12. The highest BCUT2D eigenvalue weighted by molar-refractivity contribution is 9.10. The molecule has 1 N–H and O–H groups in total. The lowest BCUT2D eigenvalue weighted by Gasteiger charge is -2.08. The maximum Gasteiger partial charge on any atom is 0.123 e. The third-order valence-corrected chi connectivity index (χ3v) is 3.78. The van der Waals surface area contributed by atoms with Crippen LogP contribution < -0.4 is 5.32 Å².